The van der Waals surface area contributed by atoms with E-state index in [1.807, 2.05) is 55.7 Å². The average Bonchev–Trinajstić information content (AvgIpc) is 2.97. The number of carbonyl (C=O) groups is 2. The maximum atomic E-state index is 12.6. The minimum Gasteiger partial charge on any atom is -0.452 e. The number of rotatable bonds is 5. The number of aryl methyl sites for hydroxylation is 2. The van der Waals surface area contributed by atoms with E-state index in [-0.39, 0.29) is 18.6 Å². The van der Waals surface area contributed by atoms with Gasteiger partial charge in [0.05, 0.1) is 5.56 Å². The van der Waals surface area contributed by atoms with Crippen LogP contribution in [0, 0.1) is 26.7 Å². The summed E-state index contributed by atoms with van der Waals surface area (Å²) >= 11 is 0. The zero-order chi connectivity index (χ0) is 20.3. The minimum absolute atomic E-state index is 0.187. The molecule has 0 spiro atoms. The van der Waals surface area contributed by atoms with Crippen molar-refractivity contribution in [3.05, 3.63) is 52.8 Å². The molecule has 5 heteroatoms. The van der Waals surface area contributed by atoms with Crippen LogP contribution in [0.2, 0.25) is 0 Å². The van der Waals surface area contributed by atoms with E-state index < -0.39 is 5.97 Å². The van der Waals surface area contributed by atoms with Gasteiger partial charge >= 0.3 is 5.97 Å². The Morgan fingerprint density at radius 2 is 1.79 bits per heavy atom. The number of ether oxygens (including phenoxy) is 1. The maximum absolute atomic E-state index is 12.6. The van der Waals surface area contributed by atoms with E-state index in [0.29, 0.717) is 11.5 Å². The van der Waals surface area contributed by atoms with Crippen molar-refractivity contribution in [2.45, 2.75) is 59.4 Å². The van der Waals surface area contributed by atoms with Gasteiger partial charge in [-0.05, 0) is 57.7 Å². The summed E-state index contributed by atoms with van der Waals surface area (Å²) in [6.07, 6.45) is 4.49. The molecule has 0 bridgehead atoms. The lowest BCUT2D eigenvalue weighted by Gasteiger charge is -2.29. The second-order valence-electron chi connectivity index (χ2n) is 7.97. The molecule has 1 saturated carbocycles. The number of aromatic nitrogens is 1. The Kier molecular flexibility index (Phi) is 6.22. The molecule has 2 aromatic rings. The second kappa shape index (κ2) is 8.63. The Labute approximate surface area is 167 Å². The van der Waals surface area contributed by atoms with Gasteiger partial charge in [-0.15, -0.1) is 0 Å². The largest absolute Gasteiger partial charge is 0.452 e. The average molecular weight is 383 g/mol. The smallest absolute Gasteiger partial charge is 0.340 e. The van der Waals surface area contributed by atoms with Crippen molar-refractivity contribution in [3.8, 4) is 5.69 Å². The molecule has 0 radical (unpaired) electrons. The van der Waals surface area contributed by atoms with Gasteiger partial charge in [0.1, 0.15) is 0 Å². The highest BCUT2D eigenvalue weighted by Crippen LogP contribution is 2.24. The quantitative estimate of drug-likeness (QED) is 0.786. The molecule has 150 valence electrons. The first-order chi connectivity index (χ1) is 13.4. The van der Waals surface area contributed by atoms with Crippen molar-refractivity contribution in [1.82, 2.24) is 9.88 Å². The first kappa shape index (κ1) is 20.2. The van der Waals surface area contributed by atoms with Crippen LogP contribution >= 0.6 is 0 Å². The van der Waals surface area contributed by atoms with E-state index >= 15 is 0 Å². The molecule has 1 aliphatic carbocycles. The van der Waals surface area contributed by atoms with Crippen LogP contribution in [-0.2, 0) is 9.53 Å². The van der Waals surface area contributed by atoms with Crippen LogP contribution in [0.5, 0.6) is 0 Å². The van der Waals surface area contributed by atoms with Crippen molar-refractivity contribution in [2.24, 2.45) is 5.92 Å². The third-order valence-electron chi connectivity index (χ3n) is 5.74. The van der Waals surface area contributed by atoms with Gasteiger partial charge in [-0.3, -0.25) is 4.79 Å². The van der Waals surface area contributed by atoms with Crippen molar-refractivity contribution in [3.63, 3.8) is 0 Å². The molecule has 3 rings (SSSR count). The summed E-state index contributed by atoms with van der Waals surface area (Å²) in [5, 5.41) is 3.02. The van der Waals surface area contributed by atoms with Crippen LogP contribution in [-0.4, -0.2) is 29.1 Å². The molecule has 0 saturated heterocycles. The molecule has 2 atom stereocenters. The van der Waals surface area contributed by atoms with Gasteiger partial charge in [0, 0.05) is 23.1 Å². The van der Waals surface area contributed by atoms with Gasteiger partial charge in [-0.25, -0.2) is 4.79 Å². The summed E-state index contributed by atoms with van der Waals surface area (Å²) in [4.78, 5) is 24.8. The molecule has 1 heterocycles. The SMILES string of the molecule is Cc1ccc(-n2c(C)cc(C(=O)OCC(=O)N[C@H]3CCCC[C@@H]3C)c2C)cc1. The first-order valence-electron chi connectivity index (χ1n) is 10.1. The Morgan fingerprint density at radius 1 is 1.11 bits per heavy atom. The van der Waals surface area contributed by atoms with E-state index in [1.165, 1.54) is 12.0 Å². The zero-order valence-electron chi connectivity index (χ0n) is 17.2. The number of hydrogen-bond acceptors (Lipinski definition) is 3. The van der Waals surface area contributed by atoms with E-state index in [9.17, 15) is 9.59 Å². The van der Waals surface area contributed by atoms with Crippen LogP contribution in [0.3, 0.4) is 0 Å². The lowest BCUT2D eigenvalue weighted by atomic mass is 9.86. The fraction of sp³-hybridized carbons (Fsp3) is 0.478. The Balaban J connectivity index is 1.64. The van der Waals surface area contributed by atoms with Crippen molar-refractivity contribution >= 4 is 11.9 Å². The van der Waals surface area contributed by atoms with Gasteiger partial charge in [-0.2, -0.15) is 0 Å². The number of carbonyl (C=O) groups excluding carboxylic acids is 2. The molecular weight excluding hydrogens is 352 g/mol. The summed E-state index contributed by atoms with van der Waals surface area (Å²) in [6.45, 7) is 7.82. The molecule has 1 fully saturated rings. The number of nitrogens with zero attached hydrogens (tertiary/aromatic N) is 1. The van der Waals surface area contributed by atoms with E-state index in [2.05, 4.69) is 12.2 Å². The molecule has 1 aromatic carbocycles. The molecule has 28 heavy (non-hydrogen) atoms. The highest BCUT2D eigenvalue weighted by atomic mass is 16.5. The highest BCUT2D eigenvalue weighted by molar-refractivity contribution is 5.93. The maximum Gasteiger partial charge on any atom is 0.340 e. The number of nitrogens with one attached hydrogen (secondary N) is 1. The Morgan fingerprint density at radius 3 is 2.46 bits per heavy atom. The van der Waals surface area contributed by atoms with Crippen molar-refractivity contribution in [1.29, 1.82) is 0 Å². The third kappa shape index (κ3) is 4.46. The number of esters is 1. The van der Waals surface area contributed by atoms with Crippen molar-refractivity contribution in [2.75, 3.05) is 6.61 Å². The highest BCUT2D eigenvalue weighted by Gasteiger charge is 2.24. The second-order valence-corrected chi connectivity index (χ2v) is 7.97. The number of hydrogen-bond donors (Lipinski definition) is 1. The molecule has 1 amide bonds. The summed E-state index contributed by atoms with van der Waals surface area (Å²) in [6, 6.07) is 10.2. The predicted molar refractivity (Wildman–Crippen MR) is 110 cm³/mol. The normalized spacial score (nSPS) is 19.3. The van der Waals surface area contributed by atoms with E-state index in [4.69, 9.17) is 4.74 Å². The van der Waals surface area contributed by atoms with Gasteiger partial charge in [0.15, 0.2) is 6.61 Å². The third-order valence-corrected chi connectivity index (χ3v) is 5.74. The van der Waals surface area contributed by atoms with Crippen LogP contribution in [0.1, 0.15) is 59.9 Å². The summed E-state index contributed by atoms with van der Waals surface area (Å²) in [5.74, 6) is -0.209. The summed E-state index contributed by atoms with van der Waals surface area (Å²) in [5.41, 5.74) is 4.45. The molecule has 1 N–H and O–H groups in total. The summed E-state index contributed by atoms with van der Waals surface area (Å²) < 4.78 is 7.33. The molecule has 0 aliphatic heterocycles. The zero-order valence-corrected chi connectivity index (χ0v) is 17.2. The van der Waals surface area contributed by atoms with Crippen LogP contribution in [0.25, 0.3) is 5.69 Å². The van der Waals surface area contributed by atoms with Gasteiger partial charge in [0.25, 0.3) is 5.91 Å². The lowest BCUT2D eigenvalue weighted by Crippen LogP contribution is -2.42. The standard InChI is InChI=1S/C23H30N2O3/c1-15-9-11-19(12-10-15)25-17(3)13-20(18(25)4)23(27)28-14-22(26)24-21-8-6-5-7-16(21)2/h9-13,16,21H,5-8,14H2,1-4H3,(H,24,26)/t16-,21-/m0/s1. The first-order valence-corrected chi connectivity index (χ1v) is 10.1. The molecule has 1 aliphatic rings. The van der Waals surface area contributed by atoms with Crippen LogP contribution in [0.15, 0.2) is 30.3 Å². The summed E-state index contributed by atoms with van der Waals surface area (Å²) in [7, 11) is 0. The Hall–Kier alpha value is -2.56. The molecule has 0 unspecified atom stereocenters. The predicted octanol–water partition coefficient (Wildman–Crippen LogP) is 4.25. The topological polar surface area (TPSA) is 60.3 Å². The molecule has 5 nitrogen and oxygen atoms in total. The van der Waals surface area contributed by atoms with Crippen molar-refractivity contribution < 1.29 is 14.3 Å². The van der Waals surface area contributed by atoms with Gasteiger partial charge in [-0.1, -0.05) is 37.5 Å². The lowest BCUT2D eigenvalue weighted by molar-refractivity contribution is -0.125. The van der Waals surface area contributed by atoms with E-state index in [0.717, 1.165) is 36.3 Å². The van der Waals surface area contributed by atoms with Gasteiger partial charge < -0.3 is 14.6 Å². The minimum atomic E-state index is -0.460. The molecular formula is C23H30N2O3. The monoisotopic (exact) mass is 382 g/mol. The van der Waals surface area contributed by atoms with Crippen LogP contribution < -0.4 is 5.32 Å². The number of amides is 1. The fourth-order valence-electron chi connectivity index (χ4n) is 4.05. The Bertz CT molecular complexity index is 851. The molecule has 1 aromatic heterocycles. The number of benzene rings is 1. The fourth-order valence-corrected chi connectivity index (χ4v) is 4.05. The van der Waals surface area contributed by atoms with Gasteiger partial charge in [0.2, 0.25) is 0 Å². The van der Waals surface area contributed by atoms with Crippen LogP contribution in [0.4, 0.5) is 0 Å². The van der Waals surface area contributed by atoms with E-state index in [1.54, 1.807) is 0 Å².